The summed E-state index contributed by atoms with van der Waals surface area (Å²) >= 11 is 6.35. The number of imidazole rings is 1. The fraction of sp³-hybridized carbons (Fsp3) is 0.250. The van der Waals surface area contributed by atoms with Crippen LogP contribution in [0.5, 0.6) is 11.5 Å². The van der Waals surface area contributed by atoms with Crippen molar-refractivity contribution in [3.63, 3.8) is 0 Å². The maximum atomic E-state index is 11.8. The van der Waals surface area contributed by atoms with Crippen LogP contribution >= 0.6 is 11.6 Å². The molecular weight excluding hydrogens is 394 g/mol. The lowest BCUT2D eigenvalue weighted by Crippen LogP contribution is -2.27. The Balaban J connectivity index is 1.74. The lowest BCUT2D eigenvalue weighted by Gasteiger charge is -2.16. The average molecular weight is 416 g/mol. The Hall–Kier alpha value is -3.26. The summed E-state index contributed by atoms with van der Waals surface area (Å²) < 4.78 is 11.2. The van der Waals surface area contributed by atoms with Crippen LogP contribution in [0.15, 0.2) is 41.5 Å². The van der Waals surface area contributed by atoms with E-state index in [9.17, 15) is 4.79 Å². The first-order chi connectivity index (χ1) is 14.0. The number of hydrogen-bond donors (Lipinski definition) is 2. The fourth-order valence-corrected chi connectivity index (χ4v) is 2.78. The molecule has 0 spiro atoms. The molecule has 9 heteroatoms. The number of likely N-dealkylation sites (N-methyl/N-ethyl adjacent to an activating group) is 1. The van der Waals surface area contributed by atoms with Gasteiger partial charge >= 0.3 is 0 Å². The number of hydrazone groups is 1. The van der Waals surface area contributed by atoms with Crippen LogP contribution in [0, 0.1) is 0 Å². The van der Waals surface area contributed by atoms with E-state index in [2.05, 4.69) is 20.5 Å². The number of H-pyrrole nitrogens is 1. The average Bonchev–Trinajstić information content (AvgIpc) is 3.10. The Bertz CT molecular complexity index is 999. The van der Waals surface area contributed by atoms with Crippen molar-refractivity contribution < 1.29 is 14.3 Å². The van der Waals surface area contributed by atoms with Gasteiger partial charge in [-0.2, -0.15) is 5.10 Å². The highest BCUT2D eigenvalue weighted by atomic mass is 35.5. The minimum Gasteiger partial charge on any atom is -0.490 e. The molecule has 0 saturated carbocycles. The third-order valence-electron chi connectivity index (χ3n) is 3.94. The topological polar surface area (TPSA) is 91.8 Å². The van der Waals surface area contributed by atoms with Crippen molar-refractivity contribution in [2.75, 3.05) is 32.7 Å². The quantitative estimate of drug-likeness (QED) is 0.433. The number of carbonyl (C=O) groups excluding carboxylic acids is 1. The number of para-hydroxylation sites is 2. The van der Waals surface area contributed by atoms with Gasteiger partial charge in [0.2, 0.25) is 5.95 Å². The maximum Gasteiger partial charge on any atom is 0.259 e. The van der Waals surface area contributed by atoms with Gasteiger partial charge in [0.15, 0.2) is 18.1 Å². The number of ether oxygens (including phenoxy) is 2. The number of anilines is 1. The predicted molar refractivity (Wildman–Crippen MR) is 114 cm³/mol. The van der Waals surface area contributed by atoms with Gasteiger partial charge in [-0.25, -0.2) is 10.4 Å². The van der Waals surface area contributed by atoms with E-state index in [-0.39, 0.29) is 12.5 Å². The lowest BCUT2D eigenvalue weighted by molar-refractivity contribution is -0.130. The maximum absolute atomic E-state index is 11.8. The van der Waals surface area contributed by atoms with E-state index in [0.717, 1.165) is 11.0 Å². The molecule has 0 aliphatic carbocycles. The van der Waals surface area contributed by atoms with Crippen molar-refractivity contribution in [3.05, 3.63) is 47.0 Å². The number of hydrogen-bond acceptors (Lipinski definition) is 6. The summed E-state index contributed by atoms with van der Waals surface area (Å²) in [5.74, 6) is 1.12. The third-order valence-corrected chi connectivity index (χ3v) is 4.22. The fourth-order valence-electron chi connectivity index (χ4n) is 2.50. The lowest BCUT2D eigenvalue weighted by atomic mass is 10.2. The summed E-state index contributed by atoms with van der Waals surface area (Å²) in [5.41, 5.74) is 5.33. The van der Waals surface area contributed by atoms with E-state index in [1.165, 1.54) is 4.90 Å². The Kier molecular flexibility index (Phi) is 6.56. The number of aromatic amines is 1. The Labute approximate surface area is 173 Å². The summed E-state index contributed by atoms with van der Waals surface area (Å²) in [7, 11) is 3.32. The smallest absolute Gasteiger partial charge is 0.259 e. The molecule has 1 amide bonds. The normalized spacial score (nSPS) is 11.0. The van der Waals surface area contributed by atoms with Gasteiger partial charge in [-0.15, -0.1) is 0 Å². The molecule has 0 radical (unpaired) electrons. The van der Waals surface area contributed by atoms with E-state index in [1.54, 1.807) is 32.4 Å². The molecule has 3 rings (SSSR count). The number of nitrogens with one attached hydrogen (secondary N) is 2. The minimum atomic E-state index is -0.177. The van der Waals surface area contributed by atoms with Crippen LogP contribution in [0.2, 0.25) is 5.02 Å². The molecule has 0 atom stereocenters. The van der Waals surface area contributed by atoms with Crippen LogP contribution in [0.4, 0.5) is 5.95 Å². The number of benzene rings is 2. The second kappa shape index (κ2) is 9.29. The first-order valence-corrected chi connectivity index (χ1v) is 9.39. The number of nitrogens with zero attached hydrogens (tertiary/aromatic N) is 3. The molecule has 0 bridgehead atoms. The van der Waals surface area contributed by atoms with Crippen molar-refractivity contribution >= 4 is 40.7 Å². The molecule has 2 aromatic carbocycles. The van der Waals surface area contributed by atoms with Crippen LogP contribution < -0.4 is 14.9 Å². The number of amides is 1. The van der Waals surface area contributed by atoms with E-state index in [0.29, 0.717) is 34.6 Å². The van der Waals surface area contributed by atoms with Crippen LogP contribution in [0.1, 0.15) is 12.5 Å². The molecule has 8 nitrogen and oxygen atoms in total. The second-order valence-electron chi connectivity index (χ2n) is 6.31. The van der Waals surface area contributed by atoms with Crippen LogP contribution in [-0.4, -0.2) is 54.3 Å². The predicted octanol–water partition coefficient (Wildman–Crippen LogP) is 3.53. The zero-order chi connectivity index (χ0) is 20.8. The van der Waals surface area contributed by atoms with Crippen molar-refractivity contribution in [3.8, 4) is 11.5 Å². The minimum absolute atomic E-state index is 0.131. The molecule has 152 valence electrons. The molecule has 29 heavy (non-hydrogen) atoms. The van der Waals surface area contributed by atoms with Gasteiger partial charge < -0.3 is 19.4 Å². The summed E-state index contributed by atoms with van der Waals surface area (Å²) in [6.45, 7) is 2.15. The van der Waals surface area contributed by atoms with Gasteiger partial charge in [0.05, 0.1) is 28.9 Å². The van der Waals surface area contributed by atoms with E-state index < -0.39 is 0 Å². The molecule has 0 aliphatic rings. The second-order valence-corrected chi connectivity index (χ2v) is 6.72. The van der Waals surface area contributed by atoms with Crippen molar-refractivity contribution in [2.45, 2.75) is 6.92 Å². The largest absolute Gasteiger partial charge is 0.490 e. The van der Waals surface area contributed by atoms with Gasteiger partial charge in [0.1, 0.15) is 0 Å². The number of carbonyl (C=O) groups is 1. The molecule has 0 unspecified atom stereocenters. The van der Waals surface area contributed by atoms with Crippen molar-refractivity contribution in [2.24, 2.45) is 5.10 Å². The highest BCUT2D eigenvalue weighted by Crippen LogP contribution is 2.36. The van der Waals surface area contributed by atoms with Gasteiger partial charge in [-0.3, -0.25) is 4.79 Å². The Morgan fingerprint density at radius 3 is 2.83 bits per heavy atom. The summed E-state index contributed by atoms with van der Waals surface area (Å²) in [6.07, 6.45) is 1.59. The molecular formula is C20H22ClN5O3. The number of aromatic nitrogens is 2. The van der Waals surface area contributed by atoms with Crippen LogP contribution in [0.3, 0.4) is 0 Å². The standard InChI is InChI=1S/C20H22ClN5O3/c1-4-28-17-10-13(9-14(21)19(17)29-12-18(27)26(2)3)11-22-25-20-23-15-7-5-6-8-16(15)24-20/h5-11H,4,12H2,1-3H3,(H2,23,24,25)/b22-11-. The zero-order valence-electron chi connectivity index (χ0n) is 16.4. The van der Waals surface area contributed by atoms with Crippen molar-refractivity contribution in [1.29, 1.82) is 0 Å². The number of rotatable bonds is 8. The molecule has 1 heterocycles. The highest BCUT2D eigenvalue weighted by Gasteiger charge is 2.14. The first-order valence-electron chi connectivity index (χ1n) is 9.01. The van der Waals surface area contributed by atoms with E-state index in [4.69, 9.17) is 21.1 Å². The van der Waals surface area contributed by atoms with Gasteiger partial charge in [-0.1, -0.05) is 23.7 Å². The molecule has 3 aromatic rings. The van der Waals surface area contributed by atoms with Gasteiger partial charge in [0, 0.05) is 14.1 Å². The molecule has 0 fully saturated rings. The highest BCUT2D eigenvalue weighted by molar-refractivity contribution is 6.32. The molecule has 2 N–H and O–H groups in total. The zero-order valence-corrected chi connectivity index (χ0v) is 17.2. The van der Waals surface area contributed by atoms with E-state index in [1.807, 2.05) is 31.2 Å². The number of halogens is 1. The SMILES string of the molecule is CCOc1cc(/C=N\Nc2nc3ccccc3[nH]2)cc(Cl)c1OCC(=O)N(C)C. The Morgan fingerprint density at radius 1 is 1.31 bits per heavy atom. The van der Waals surface area contributed by atoms with Gasteiger partial charge in [0.25, 0.3) is 5.91 Å². The van der Waals surface area contributed by atoms with Crippen molar-refractivity contribution in [1.82, 2.24) is 14.9 Å². The van der Waals surface area contributed by atoms with Crippen LogP contribution in [0.25, 0.3) is 11.0 Å². The number of fused-ring (bicyclic) bond motifs is 1. The van der Waals surface area contributed by atoms with E-state index >= 15 is 0 Å². The molecule has 1 aromatic heterocycles. The first kappa shape index (κ1) is 20.5. The van der Waals surface area contributed by atoms with Crippen LogP contribution in [-0.2, 0) is 4.79 Å². The summed E-state index contributed by atoms with van der Waals surface area (Å²) in [5, 5.41) is 4.52. The monoisotopic (exact) mass is 415 g/mol. The molecule has 0 saturated heterocycles. The molecule has 0 aliphatic heterocycles. The summed E-state index contributed by atoms with van der Waals surface area (Å²) in [4.78, 5) is 20.7. The third kappa shape index (κ3) is 5.17. The Morgan fingerprint density at radius 2 is 2.10 bits per heavy atom. The van der Waals surface area contributed by atoms with Gasteiger partial charge in [-0.05, 0) is 36.8 Å². The summed E-state index contributed by atoms with van der Waals surface area (Å²) in [6, 6.07) is 11.1.